The largest absolute Gasteiger partial charge is 0.454 e. The van der Waals surface area contributed by atoms with Gasteiger partial charge in [-0.3, -0.25) is 9.36 Å². The highest BCUT2D eigenvalue weighted by molar-refractivity contribution is 5.06. The van der Waals surface area contributed by atoms with Crippen LogP contribution in [-0.2, 0) is 4.74 Å². The number of aliphatic hydroxyl groups is 2. The van der Waals surface area contributed by atoms with Crippen LogP contribution in [0.3, 0.4) is 0 Å². The molecule has 2 heterocycles. The summed E-state index contributed by atoms with van der Waals surface area (Å²) >= 11 is 0. The Morgan fingerprint density at radius 3 is 3.06 bits per heavy atom. The van der Waals surface area contributed by atoms with Crippen LogP contribution in [0.1, 0.15) is 6.23 Å². The Morgan fingerprint density at radius 1 is 1.56 bits per heavy atom. The first-order valence-corrected chi connectivity index (χ1v) is 4.85. The van der Waals surface area contributed by atoms with E-state index in [0.717, 1.165) is 0 Å². The molecule has 16 heavy (non-hydrogen) atoms. The van der Waals surface area contributed by atoms with Gasteiger partial charge in [0, 0.05) is 12.3 Å². The molecule has 0 spiro atoms. The Balaban J connectivity index is 2.26. The Bertz CT molecular complexity index is 419. The number of fused-ring (bicyclic) bond motifs is 1. The molecule has 0 bridgehead atoms. The second-order valence-corrected chi connectivity index (χ2v) is 3.28. The molecule has 0 aromatic carbocycles. The third-order valence-electron chi connectivity index (χ3n) is 2.21. The number of aromatic nitrogens is 2. The molecule has 2 rings (SSSR count). The summed E-state index contributed by atoms with van der Waals surface area (Å²) in [6.07, 6.45) is 0.309. The fraction of sp³-hybridized carbons (Fsp3) is 0.556. The van der Waals surface area contributed by atoms with Gasteiger partial charge in [-0.25, -0.2) is 0 Å². The van der Waals surface area contributed by atoms with Gasteiger partial charge in [-0.1, -0.05) is 0 Å². The Kier molecular flexibility index (Phi) is 3.18. The lowest BCUT2D eigenvalue weighted by Crippen LogP contribution is -2.28. The molecule has 88 valence electrons. The predicted octanol–water partition coefficient (Wildman–Crippen LogP) is -1.50. The minimum atomic E-state index is -0.610. The van der Waals surface area contributed by atoms with Crippen molar-refractivity contribution < 1.29 is 19.7 Å². The minimum Gasteiger partial charge on any atom is -0.454 e. The van der Waals surface area contributed by atoms with Gasteiger partial charge in [0.2, 0.25) is 0 Å². The molecule has 1 aromatic heterocycles. The van der Waals surface area contributed by atoms with Gasteiger partial charge in [0.05, 0.1) is 19.8 Å². The lowest BCUT2D eigenvalue weighted by atomic mass is 10.3. The molecular weight excluding hydrogens is 216 g/mol. The van der Waals surface area contributed by atoms with E-state index in [1.807, 2.05) is 0 Å². The van der Waals surface area contributed by atoms with E-state index in [0.29, 0.717) is 0 Å². The van der Waals surface area contributed by atoms with E-state index in [9.17, 15) is 4.79 Å². The van der Waals surface area contributed by atoms with Gasteiger partial charge >= 0.3 is 6.01 Å². The van der Waals surface area contributed by atoms with Crippen molar-refractivity contribution in [2.24, 2.45) is 0 Å². The van der Waals surface area contributed by atoms with Crippen LogP contribution in [0.5, 0.6) is 6.01 Å². The first kappa shape index (κ1) is 11.1. The van der Waals surface area contributed by atoms with Crippen molar-refractivity contribution in [2.45, 2.75) is 12.3 Å². The molecule has 1 unspecified atom stereocenters. The first-order valence-electron chi connectivity index (χ1n) is 4.85. The minimum absolute atomic E-state index is 0.120. The number of nitrogens with zero attached hydrogens (tertiary/aromatic N) is 2. The van der Waals surface area contributed by atoms with Gasteiger partial charge < -0.3 is 19.7 Å². The molecule has 1 aliphatic rings. The summed E-state index contributed by atoms with van der Waals surface area (Å²) in [6, 6.07) is 1.40. The van der Waals surface area contributed by atoms with Crippen molar-refractivity contribution in [2.75, 3.05) is 19.8 Å². The van der Waals surface area contributed by atoms with E-state index >= 15 is 0 Å². The van der Waals surface area contributed by atoms with E-state index in [-0.39, 0.29) is 25.8 Å². The van der Waals surface area contributed by atoms with Crippen LogP contribution in [0.4, 0.5) is 0 Å². The Labute approximate surface area is 90.9 Å². The third-order valence-corrected chi connectivity index (χ3v) is 2.21. The summed E-state index contributed by atoms with van der Waals surface area (Å²) in [5.74, 6) is 0. The molecule has 7 nitrogen and oxygen atoms in total. The van der Waals surface area contributed by atoms with Gasteiger partial charge in [0.1, 0.15) is 0 Å². The quantitative estimate of drug-likeness (QED) is 0.651. The molecule has 0 fully saturated rings. The van der Waals surface area contributed by atoms with Crippen LogP contribution in [0, 0.1) is 0 Å². The molecule has 0 saturated carbocycles. The number of hydrogen-bond acceptors (Lipinski definition) is 6. The zero-order chi connectivity index (χ0) is 11.5. The molecule has 1 aliphatic heterocycles. The van der Waals surface area contributed by atoms with Crippen LogP contribution in [0.2, 0.25) is 0 Å². The van der Waals surface area contributed by atoms with Crippen molar-refractivity contribution in [1.82, 2.24) is 9.55 Å². The predicted molar refractivity (Wildman–Crippen MR) is 52.1 cm³/mol. The van der Waals surface area contributed by atoms with Gasteiger partial charge in [-0.05, 0) is 0 Å². The highest BCUT2D eigenvalue weighted by Crippen LogP contribution is 2.28. The van der Waals surface area contributed by atoms with Gasteiger partial charge in [0.15, 0.2) is 12.3 Å². The number of aliphatic hydroxyl groups excluding tert-OH is 2. The van der Waals surface area contributed by atoms with Crippen molar-refractivity contribution >= 4 is 0 Å². The third kappa shape index (κ3) is 1.92. The normalized spacial score (nSPS) is 22.9. The second kappa shape index (κ2) is 4.60. The maximum atomic E-state index is 11.0. The summed E-state index contributed by atoms with van der Waals surface area (Å²) in [5.41, 5.74) is -0.411. The standard InChI is InChI=1S/C9H12N2O5/c12-3-4-15-8-6(5-13)16-9-10-7(14)1-2-11(8)9/h1-2,6,8,12-13H,3-5H2/t6?,8-/m1/s1. The molecule has 0 aliphatic carbocycles. The molecule has 0 radical (unpaired) electrons. The highest BCUT2D eigenvalue weighted by Gasteiger charge is 2.34. The zero-order valence-electron chi connectivity index (χ0n) is 8.44. The monoisotopic (exact) mass is 228 g/mol. The smallest absolute Gasteiger partial charge is 0.302 e. The summed E-state index contributed by atoms with van der Waals surface area (Å²) < 4.78 is 12.1. The Hall–Kier alpha value is -1.44. The average molecular weight is 228 g/mol. The number of rotatable bonds is 4. The van der Waals surface area contributed by atoms with Crippen LogP contribution in [-0.4, -0.2) is 45.7 Å². The molecule has 1 aromatic rings. The van der Waals surface area contributed by atoms with E-state index in [4.69, 9.17) is 19.7 Å². The highest BCUT2D eigenvalue weighted by atomic mass is 16.6. The summed E-state index contributed by atoms with van der Waals surface area (Å²) in [7, 11) is 0. The molecule has 2 N–H and O–H groups in total. The first-order chi connectivity index (χ1) is 7.76. The van der Waals surface area contributed by atoms with E-state index < -0.39 is 17.9 Å². The van der Waals surface area contributed by atoms with E-state index in [2.05, 4.69) is 4.98 Å². The number of hydrogen-bond donors (Lipinski definition) is 2. The van der Waals surface area contributed by atoms with Crippen molar-refractivity contribution in [3.8, 4) is 6.01 Å². The molecule has 0 amide bonds. The van der Waals surface area contributed by atoms with Gasteiger partial charge in [-0.2, -0.15) is 4.98 Å². The second-order valence-electron chi connectivity index (χ2n) is 3.28. The summed E-state index contributed by atoms with van der Waals surface area (Å²) in [4.78, 5) is 14.6. The van der Waals surface area contributed by atoms with E-state index in [1.54, 1.807) is 0 Å². The summed E-state index contributed by atoms with van der Waals surface area (Å²) in [6.45, 7) is -0.263. The fourth-order valence-electron chi connectivity index (χ4n) is 1.54. The van der Waals surface area contributed by atoms with Crippen molar-refractivity contribution in [3.63, 3.8) is 0 Å². The lowest BCUT2D eigenvalue weighted by Gasteiger charge is -2.17. The lowest BCUT2D eigenvalue weighted by molar-refractivity contribution is -0.0628. The topological polar surface area (TPSA) is 93.8 Å². The van der Waals surface area contributed by atoms with Crippen LogP contribution < -0.4 is 10.3 Å². The van der Waals surface area contributed by atoms with E-state index in [1.165, 1.54) is 16.8 Å². The van der Waals surface area contributed by atoms with Crippen LogP contribution in [0.15, 0.2) is 17.1 Å². The molecular formula is C9H12N2O5. The SMILES string of the molecule is O=c1ccn2c(n1)OC(CO)[C@H]2OCCO. The van der Waals surface area contributed by atoms with Crippen LogP contribution in [0.25, 0.3) is 0 Å². The molecule has 0 saturated heterocycles. The number of ether oxygens (including phenoxy) is 2. The van der Waals surface area contributed by atoms with Crippen LogP contribution >= 0.6 is 0 Å². The van der Waals surface area contributed by atoms with Crippen molar-refractivity contribution in [1.29, 1.82) is 0 Å². The molecule has 7 heteroatoms. The maximum absolute atomic E-state index is 11.0. The molecule has 2 atom stereocenters. The van der Waals surface area contributed by atoms with Gasteiger partial charge in [0.25, 0.3) is 5.56 Å². The average Bonchev–Trinajstić information content (AvgIpc) is 2.63. The Morgan fingerprint density at radius 2 is 2.38 bits per heavy atom. The van der Waals surface area contributed by atoms with Crippen molar-refractivity contribution in [3.05, 3.63) is 22.6 Å². The fourth-order valence-corrected chi connectivity index (χ4v) is 1.54. The zero-order valence-corrected chi connectivity index (χ0v) is 8.44. The maximum Gasteiger partial charge on any atom is 0.302 e. The summed E-state index contributed by atoms with van der Waals surface area (Å²) in [5, 5.41) is 17.8. The van der Waals surface area contributed by atoms with Gasteiger partial charge in [-0.15, -0.1) is 0 Å².